The topological polar surface area (TPSA) is 120 Å². The summed E-state index contributed by atoms with van der Waals surface area (Å²) in [6.45, 7) is 5.84. The van der Waals surface area contributed by atoms with E-state index in [4.69, 9.17) is 4.74 Å². The molecule has 3 rings (SSSR count). The number of nitrogens with zero attached hydrogens (tertiary/aromatic N) is 4. The third kappa shape index (κ3) is 7.39. The van der Waals surface area contributed by atoms with Gasteiger partial charge in [0, 0.05) is 23.5 Å². The molecule has 1 N–H and O–H groups in total. The van der Waals surface area contributed by atoms with Crippen molar-refractivity contribution < 1.29 is 14.5 Å². The van der Waals surface area contributed by atoms with Crippen LogP contribution in [0.5, 0.6) is 5.75 Å². The normalized spacial score (nSPS) is 11.8. The zero-order valence-corrected chi connectivity index (χ0v) is 19.2. The first-order chi connectivity index (χ1) is 15.8. The highest BCUT2D eigenvalue weighted by Crippen LogP contribution is 2.20. The molecule has 33 heavy (non-hydrogen) atoms. The molecule has 0 saturated heterocycles. The maximum atomic E-state index is 12.3. The average Bonchev–Trinajstić information content (AvgIpc) is 2.78. The summed E-state index contributed by atoms with van der Waals surface area (Å²) in [5.41, 5.74) is 5.90. The van der Waals surface area contributed by atoms with Crippen molar-refractivity contribution in [3.8, 4) is 5.75 Å². The van der Waals surface area contributed by atoms with Crippen LogP contribution in [0.4, 0.5) is 5.69 Å². The number of hydrogen-bond acceptors (Lipinski definition) is 8. The fraction of sp³-hybridized carbons (Fsp3) is 0.217. The van der Waals surface area contributed by atoms with Crippen molar-refractivity contribution in [2.24, 2.45) is 5.10 Å². The van der Waals surface area contributed by atoms with Crippen LogP contribution in [0.1, 0.15) is 29.4 Å². The van der Waals surface area contributed by atoms with Crippen LogP contribution in [0.25, 0.3) is 0 Å². The summed E-state index contributed by atoms with van der Waals surface area (Å²) in [6.07, 6.45) is 1.54. The van der Waals surface area contributed by atoms with Gasteiger partial charge in [0.05, 0.1) is 16.4 Å². The number of carbonyl (C=O) groups is 1. The van der Waals surface area contributed by atoms with Crippen molar-refractivity contribution in [2.45, 2.75) is 37.8 Å². The number of nitro groups is 1. The maximum absolute atomic E-state index is 12.3. The number of nitro benzene ring substituents is 1. The number of aromatic nitrogens is 2. The molecule has 0 aliphatic rings. The Balaban J connectivity index is 1.47. The van der Waals surface area contributed by atoms with Gasteiger partial charge in [0.2, 0.25) is 0 Å². The standard InChI is InChI=1S/C23H23N5O4S/c1-15-12-16(2)26-23(25-15)33-17(3)22(29)27-24-13-18-6-10-21(11-7-18)32-14-19-4-8-20(9-5-19)28(30)31/h4-13,17H,14H2,1-3H3,(H,27,29)/b24-13-/t17-/m0/s1. The van der Waals surface area contributed by atoms with E-state index in [1.54, 1.807) is 37.4 Å². The van der Waals surface area contributed by atoms with Crippen LogP contribution in [-0.4, -0.2) is 32.3 Å². The van der Waals surface area contributed by atoms with Crippen molar-refractivity contribution in [1.29, 1.82) is 0 Å². The molecule has 10 heteroatoms. The number of hydrogen-bond donors (Lipinski definition) is 1. The van der Waals surface area contributed by atoms with Gasteiger partial charge in [-0.1, -0.05) is 11.8 Å². The first-order valence-corrected chi connectivity index (χ1v) is 11.0. The number of benzene rings is 2. The summed E-state index contributed by atoms with van der Waals surface area (Å²) >= 11 is 1.28. The number of ether oxygens (including phenoxy) is 1. The minimum atomic E-state index is -0.438. The maximum Gasteiger partial charge on any atom is 0.269 e. The molecule has 1 heterocycles. The van der Waals surface area contributed by atoms with Gasteiger partial charge in [0.1, 0.15) is 12.4 Å². The number of rotatable bonds is 9. The summed E-state index contributed by atoms with van der Waals surface area (Å²) in [4.78, 5) is 31.2. The van der Waals surface area contributed by atoms with Crippen LogP contribution in [0.15, 0.2) is 64.9 Å². The number of aryl methyl sites for hydroxylation is 2. The van der Waals surface area contributed by atoms with Gasteiger partial charge in [-0.15, -0.1) is 0 Å². The van der Waals surface area contributed by atoms with Gasteiger partial charge in [-0.05, 0) is 74.4 Å². The van der Waals surface area contributed by atoms with Crippen LogP contribution in [0.3, 0.4) is 0 Å². The molecule has 0 spiro atoms. The molecule has 1 atom stereocenters. The highest BCUT2D eigenvalue weighted by atomic mass is 32.2. The molecule has 2 aromatic carbocycles. The second-order valence-electron chi connectivity index (χ2n) is 7.21. The summed E-state index contributed by atoms with van der Waals surface area (Å²) < 4.78 is 5.70. The smallest absolute Gasteiger partial charge is 0.269 e. The predicted molar refractivity (Wildman–Crippen MR) is 126 cm³/mol. The van der Waals surface area contributed by atoms with E-state index in [9.17, 15) is 14.9 Å². The van der Waals surface area contributed by atoms with E-state index in [-0.39, 0.29) is 11.6 Å². The Hall–Kier alpha value is -3.79. The quantitative estimate of drug-likeness (QED) is 0.165. The molecule has 0 bridgehead atoms. The zero-order valence-electron chi connectivity index (χ0n) is 18.4. The fourth-order valence-electron chi connectivity index (χ4n) is 2.75. The van der Waals surface area contributed by atoms with Crippen LogP contribution in [0, 0.1) is 24.0 Å². The molecular weight excluding hydrogens is 442 g/mol. The summed E-state index contributed by atoms with van der Waals surface area (Å²) in [7, 11) is 0. The molecule has 3 aromatic rings. The van der Waals surface area contributed by atoms with Crippen molar-refractivity contribution in [2.75, 3.05) is 0 Å². The van der Waals surface area contributed by atoms with Gasteiger partial charge in [-0.25, -0.2) is 15.4 Å². The third-order valence-electron chi connectivity index (χ3n) is 4.43. The van der Waals surface area contributed by atoms with Gasteiger partial charge in [-0.2, -0.15) is 5.10 Å². The lowest BCUT2D eigenvalue weighted by molar-refractivity contribution is -0.384. The van der Waals surface area contributed by atoms with Crippen molar-refractivity contribution >= 4 is 29.6 Å². The van der Waals surface area contributed by atoms with Crippen LogP contribution < -0.4 is 10.2 Å². The third-order valence-corrected chi connectivity index (χ3v) is 5.40. The lowest BCUT2D eigenvalue weighted by atomic mass is 10.2. The van der Waals surface area contributed by atoms with Gasteiger partial charge in [0.15, 0.2) is 5.16 Å². The van der Waals surface area contributed by atoms with Crippen LogP contribution in [0.2, 0.25) is 0 Å². The van der Waals surface area contributed by atoms with E-state index < -0.39 is 10.2 Å². The molecule has 170 valence electrons. The second-order valence-corrected chi connectivity index (χ2v) is 8.52. The Morgan fingerprint density at radius 3 is 2.39 bits per heavy atom. The molecule has 0 unspecified atom stereocenters. The molecule has 1 amide bonds. The molecular formula is C23H23N5O4S. The summed E-state index contributed by atoms with van der Waals surface area (Å²) in [5, 5.41) is 14.9. The Morgan fingerprint density at radius 1 is 1.15 bits per heavy atom. The molecule has 1 aromatic heterocycles. The monoisotopic (exact) mass is 465 g/mol. The summed E-state index contributed by atoms with van der Waals surface area (Å²) in [6, 6.07) is 15.3. The molecule has 9 nitrogen and oxygen atoms in total. The second kappa shape index (κ2) is 11.2. The van der Waals surface area contributed by atoms with E-state index in [1.165, 1.54) is 23.9 Å². The van der Waals surface area contributed by atoms with Crippen molar-refractivity contribution in [3.05, 3.63) is 87.2 Å². The van der Waals surface area contributed by atoms with Gasteiger partial charge in [-0.3, -0.25) is 14.9 Å². The Labute approximate surface area is 195 Å². The number of carbonyl (C=O) groups excluding carboxylic acids is 1. The van der Waals surface area contributed by atoms with Gasteiger partial charge in [0.25, 0.3) is 11.6 Å². The largest absolute Gasteiger partial charge is 0.489 e. The molecule has 0 aliphatic carbocycles. The van der Waals surface area contributed by atoms with E-state index in [0.29, 0.717) is 17.5 Å². The minimum Gasteiger partial charge on any atom is -0.489 e. The highest BCUT2D eigenvalue weighted by molar-refractivity contribution is 8.00. The zero-order chi connectivity index (χ0) is 23.8. The summed E-state index contributed by atoms with van der Waals surface area (Å²) in [5.74, 6) is 0.398. The lowest BCUT2D eigenvalue weighted by Gasteiger charge is -2.09. The molecule has 0 saturated carbocycles. The lowest BCUT2D eigenvalue weighted by Crippen LogP contribution is -2.27. The first-order valence-electron chi connectivity index (χ1n) is 10.1. The van der Waals surface area contributed by atoms with E-state index in [1.807, 2.05) is 32.0 Å². The van der Waals surface area contributed by atoms with E-state index in [2.05, 4.69) is 20.5 Å². The Morgan fingerprint density at radius 2 is 1.79 bits per heavy atom. The molecule has 0 radical (unpaired) electrons. The van der Waals surface area contributed by atoms with Crippen molar-refractivity contribution in [3.63, 3.8) is 0 Å². The molecule has 0 fully saturated rings. The van der Waals surface area contributed by atoms with Crippen molar-refractivity contribution in [1.82, 2.24) is 15.4 Å². The van der Waals surface area contributed by atoms with Crippen LogP contribution in [-0.2, 0) is 11.4 Å². The van der Waals surface area contributed by atoms with Crippen LogP contribution >= 0.6 is 11.8 Å². The number of amides is 1. The van der Waals surface area contributed by atoms with Gasteiger partial charge < -0.3 is 4.74 Å². The van der Waals surface area contributed by atoms with Gasteiger partial charge >= 0.3 is 0 Å². The SMILES string of the molecule is Cc1cc(C)nc(S[C@@H](C)C(=O)N/N=C\c2ccc(OCc3ccc([N+](=O)[O-])cc3)cc2)n1. The predicted octanol–water partition coefficient (Wildman–Crippen LogP) is 4.21. The number of nitrogens with one attached hydrogen (secondary N) is 1. The fourth-order valence-corrected chi connectivity index (χ4v) is 3.62. The highest BCUT2D eigenvalue weighted by Gasteiger charge is 2.15. The number of non-ortho nitro benzene ring substituents is 1. The Bertz CT molecular complexity index is 1130. The minimum absolute atomic E-state index is 0.0427. The van der Waals surface area contributed by atoms with E-state index >= 15 is 0 Å². The molecule has 0 aliphatic heterocycles. The first kappa shape index (κ1) is 23.9. The number of thioether (sulfide) groups is 1. The van der Waals surface area contributed by atoms with E-state index in [0.717, 1.165) is 22.5 Å². The Kier molecular flexibility index (Phi) is 8.09. The number of hydrazone groups is 1. The average molecular weight is 466 g/mol.